The average Bonchev–Trinajstić information content (AvgIpc) is 3.03. The van der Waals surface area contributed by atoms with E-state index >= 15 is 0 Å². The van der Waals surface area contributed by atoms with E-state index in [0.717, 1.165) is 33.8 Å². The second-order valence-corrected chi connectivity index (χ2v) is 14.0. The molecular weight excluding hydrogens is 641 g/mol. The number of halogens is 2. The fourth-order valence-corrected chi connectivity index (χ4v) is 6.85. The Morgan fingerprint density at radius 1 is 0.848 bits per heavy atom. The molecular formula is C36H39Cl2N3O4S. The molecule has 0 aliphatic rings. The van der Waals surface area contributed by atoms with Crippen molar-refractivity contribution in [3.63, 3.8) is 0 Å². The number of carbonyl (C=O) groups is 2. The van der Waals surface area contributed by atoms with E-state index in [1.54, 1.807) is 54.6 Å². The molecule has 0 unspecified atom stereocenters. The van der Waals surface area contributed by atoms with Crippen LogP contribution in [0.2, 0.25) is 10.0 Å². The summed E-state index contributed by atoms with van der Waals surface area (Å²) in [5.74, 6) is -0.895. The highest BCUT2D eigenvalue weighted by Crippen LogP contribution is 2.27. The third-order valence-electron chi connectivity index (χ3n) is 7.67. The van der Waals surface area contributed by atoms with Crippen molar-refractivity contribution in [3.05, 3.63) is 129 Å². The van der Waals surface area contributed by atoms with Crippen molar-refractivity contribution in [1.29, 1.82) is 0 Å². The molecule has 4 aromatic carbocycles. The third kappa shape index (κ3) is 9.12. The van der Waals surface area contributed by atoms with Gasteiger partial charge in [0.1, 0.15) is 12.6 Å². The summed E-state index contributed by atoms with van der Waals surface area (Å²) < 4.78 is 29.4. The first-order valence-electron chi connectivity index (χ1n) is 15.2. The van der Waals surface area contributed by atoms with Crippen LogP contribution in [0.4, 0.5) is 5.69 Å². The Balaban J connectivity index is 1.80. The summed E-state index contributed by atoms with van der Waals surface area (Å²) in [6.07, 6.45) is 1.87. The van der Waals surface area contributed by atoms with Crippen LogP contribution in [0.3, 0.4) is 0 Å². The Hall–Kier alpha value is -3.85. The van der Waals surface area contributed by atoms with Crippen LogP contribution in [-0.2, 0) is 32.6 Å². The maximum atomic E-state index is 14.5. The Morgan fingerprint density at radius 2 is 1.48 bits per heavy atom. The second kappa shape index (κ2) is 16.1. The Morgan fingerprint density at radius 3 is 2.09 bits per heavy atom. The Labute approximate surface area is 282 Å². The van der Waals surface area contributed by atoms with Crippen LogP contribution in [0.5, 0.6) is 0 Å². The standard InChI is InChI=1S/C36H39Cl2N3O4S/c1-4-5-21-39-36(43)34(22-28-9-7-6-8-10-28)40(24-29-15-16-30(37)23-33(29)38)35(42)25-41(31-17-11-26(2)12-18-31)46(44,45)32-19-13-27(3)14-20-32/h6-20,23,34H,4-5,21-22,24-25H2,1-3H3,(H,39,43)/t34-/m1/s1. The van der Waals surface area contributed by atoms with Crippen LogP contribution >= 0.6 is 23.2 Å². The molecule has 46 heavy (non-hydrogen) atoms. The largest absolute Gasteiger partial charge is 0.354 e. The number of rotatable bonds is 14. The van der Waals surface area contributed by atoms with Gasteiger partial charge in [0, 0.05) is 29.6 Å². The van der Waals surface area contributed by atoms with Crippen LogP contribution in [0.25, 0.3) is 0 Å². The summed E-state index contributed by atoms with van der Waals surface area (Å²) in [6.45, 7) is 5.66. The first kappa shape index (κ1) is 35.0. The molecule has 0 heterocycles. The lowest BCUT2D eigenvalue weighted by Gasteiger charge is -2.34. The van der Waals surface area contributed by atoms with Gasteiger partial charge in [-0.3, -0.25) is 13.9 Å². The quantitative estimate of drug-likeness (QED) is 0.141. The lowest BCUT2D eigenvalue weighted by Crippen LogP contribution is -2.53. The predicted octanol–water partition coefficient (Wildman–Crippen LogP) is 7.36. The zero-order chi connectivity index (χ0) is 33.3. The normalized spacial score (nSPS) is 11.9. The zero-order valence-corrected chi connectivity index (χ0v) is 28.6. The third-order valence-corrected chi connectivity index (χ3v) is 10.0. The molecule has 1 N–H and O–H groups in total. The van der Waals surface area contributed by atoms with E-state index < -0.39 is 28.5 Å². The lowest BCUT2D eigenvalue weighted by molar-refractivity contribution is -0.140. The molecule has 0 spiro atoms. The van der Waals surface area contributed by atoms with Crippen molar-refractivity contribution in [2.75, 3.05) is 17.4 Å². The molecule has 1 atom stereocenters. The smallest absolute Gasteiger partial charge is 0.264 e. The second-order valence-electron chi connectivity index (χ2n) is 11.3. The van der Waals surface area contributed by atoms with Gasteiger partial charge in [0.15, 0.2) is 0 Å². The molecule has 0 radical (unpaired) electrons. The van der Waals surface area contributed by atoms with E-state index in [-0.39, 0.29) is 23.8 Å². The van der Waals surface area contributed by atoms with Gasteiger partial charge in [-0.2, -0.15) is 0 Å². The molecule has 7 nitrogen and oxygen atoms in total. The van der Waals surface area contributed by atoms with E-state index in [4.69, 9.17) is 23.2 Å². The number of nitrogens with one attached hydrogen (secondary N) is 1. The SMILES string of the molecule is CCCCNC(=O)[C@@H](Cc1ccccc1)N(Cc1ccc(Cl)cc1Cl)C(=O)CN(c1ccc(C)cc1)S(=O)(=O)c1ccc(C)cc1. The maximum absolute atomic E-state index is 14.5. The highest BCUT2D eigenvalue weighted by atomic mass is 35.5. The van der Waals surface area contributed by atoms with Crippen molar-refractivity contribution >= 4 is 50.7 Å². The summed E-state index contributed by atoms with van der Waals surface area (Å²) in [4.78, 5) is 29.9. The number of hydrogen-bond donors (Lipinski definition) is 1. The number of aryl methyl sites for hydroxylation is 2. The van der Waals surface area contributed by atoms with Gasteiger partial charge in [-0.15, -0.1) is 0 Å². The molecule has 0 aliphatic heterocycles. The minimum absolute atomic E-state index is 0.0418. The van der Waals surface area contributed by atoms with E-state index in [1.807, 2.05) is 51.1 Å². The summed E-state index contributed by atoms with van der Waals surface area (Å²) in [5.41, 5.74) is 3.59. The van der Waals surface area contributed by atoms with Crippen molar-refractivity contribution in [2.45, 2.75) is 57.5 Å². The number of hydrogen-bond acceptors (Lipinski definition) is 4. The highest BCUT2D eigenvalue weighted by Gasteiger charge is 2.35. The van der Waals surface area contributed by atoms with Crippen LogP contribution in [0.1, 0.15) is 42.0 Å². The first-order chi connectivity index (χ1) is 22.0. The molecule has 0 fully saturated rings. The van der Waals surface area contributed by atoms with Crippen molar-refractivity contribution < 1.29 is 18.0 Å². The molecule has 2 amide bonds. The number of sulfonamides is 1. The lowest BCUT2D eigenvalue weighted by atomic mass is 10.0. The molecule has 0 saturated carbocycles. The van der Waals surface area contributed by atoms with Gasteiger partial charge < -0.3 is 10.2 Å². The van der Waals surface area contributed by atoms with Crippen molar-refractivity contribution in [3.8, 4) is 0 Å². The predicted molar refractivity (Wildman–Crippen MR) is 186 cm³/mol. The van der Waals surface area contributed by atoms with Gasteiger partial charge in [-0.25, -0.2) is 8.42 Å². The number of benzene rings is 4. The fraction of sp³-hybridized carbons (Fsp3) is 0.278. The topological polar surface area (TPSA) is 86.8 Å². The molecule has 0 saturated heterocycles. The van der Waals surface area contributed by atoms with Crippen LogP contribution in [0, 0.1) is 13.8 Å². The van der Waals surface area contributed by atoms with Gasteiger partial charge in [0.05, 0.1) is 10.6 Å². The number of carbonyl (C=O) groups excluding carboxylic acids is 2. The molecule has 0 aromatic heterocycles. The summed E-state index contributed by atoms with van der Waals surface area (Å²) >= 11 is 12.7. The average molecular weight is 681 g/mol. The summed E-state index contributed by atoms with van der Waals surface area (Å²) in [7, 11) is -4.18. The van der Waals surface area contributed by atoms with Gasteiger partial charge >= 0.3 is 0 Å². The van der Waals surface area contributed by atoms with Gasteiger partial charge in [0.25, 0.3) is 10.0 Å². The van der Waals surface area contributed by atoms with Crippen molar-refractivity contribution in [1.82, 2.24) is 10.2 Å². The minimum atomic E-state index is -4.18. The molecule has 4 rings (SSSR count). The fourth-order valence-electron chi connectivity index (χ4n) is 4.97. The Kier molecular flexibility index (Phi) is 12.3. The van der Waals surface area contributed by atoms with Crippen LogP contribution < -0.4 is 9.62 Å². The first-order valence-corrected chi connectivity index (χ1v) is 17.4. The molecule has 0 aliphatic carbocycles. The maximum Gasteiger partial charge on any atom is 0.264 e. The Bertz CT molecular complexity index is 1730. The number of amides is 2. The molecule has 0 bridgehead atoms. The monoisotopic (exact) mass is 679 g/mol. The molecule has 4 aromatic rings. The van der Waals surface area contributed by atoms with E-state index in [0.29, 0.717) is 27.8 Å². The molecule has 10 heteroatoms. The van der Waals surface area contributed by atoms with E-state index in [1.165, 1.54) is 17.0 Å². The van der Waals surface area contributed by atoms with Gasteiger partial charge in [0.2, 0.25) is 11.8 Å². The number of unbranched alkanes of at least 4 members (excludes halogenated alkanes) is 1. The summed E-state index contributed by atoms with van der Waals surface area (Å²) in [5, 5.41) is 3.74. The van der Waals surface area contributed by atoms with E-state index in [2.05, 4.69) is 5.32 Å². The van der Waals surface area contributed by atoms with E-state index in [9.17, 15) is 18.0 Å². The van der Waals surface area contributed by atoms with Crippen molar-refractivity contribution in [2.24, 2.45) is 0 Å². The van der Waals surface area contributed by atoms with Crippen LogP contribution in [0.15, 0.2) is 102 Å². The minimum Gasteiger partial charge on any atom is -0.354 e. The van der Waals surface area contributed by atoms with Crippen LogP contribution in [-0.4, -0.2) is 44.3 Å². The molecule has 242 valence electrons. The zero-order valence-electron chi connectivity index (χ0n) is 26.2. The van der Waals surface area contributed by atoms with Gasteiger partial charge in [-0.1, -0.05) is 108 Å². The van der Waals surface area contributed by atoms with Gasteiger partial charge in [-0.05, 0) is 67.8 Å². The number of anilines is 1. The number of nitrogens with zero attached hydrogens (tertiary/aromatic N) is 2. The highest BCUT2D eigenvalue weighted by molar-refractivity contribution is 7.92. The summed E-state index contributed by atoms with van der Waals surface area (Å²) in [6, 6.07) is 26.8.